The normalized spacial score (nSPS) is 19.2. The highest BCUT2D eigenvalue weighted by Crippen LogP contribution is 2.16. The van der Waals surface area contributed by atoms with Gasteiger partial charge in [-0.1, -0.05) is 29.8 Å². The van der Waals surface area contributed by atoms with Crippen molar-refractivity contribution in [2.24, 2.45) is 0 Å². The van der Waals surface area contributed by atoms with Crippen LogP contribution in [-0.4, -0.2) is 30.3 Å². The summed E-state index contributed by atoms with van der Waals surface area (Å²) in [6.45, 7) is 5.44. The van der Waals surface area contributed by atoms with Crippen LogP contribution in [0.3, 0.4) is 0 Å². The van der Waals surface area contributed by atoms with Gasteiger partial charge in [0.2, 0.25) is 0 Å². The van der Waals surface area contributed by atoms with Gasteiger partial charge in [0.25, 0.3) is 0 Å². The lowest BCUT2D eigenvalue weighted by molar-refractivity contribution is 0.0109. The molecule has 1 fully saturated rings. The second-order valence-corrected chi connectivity index (χ2v) is 5.06. The maximum Gasteiger partial charge on any atom is 0.0795 e. The predicted molar refractivity (Wildman–Crippen MR) is 69.9 cm³/mol. The molecule has 1 aliphatic heterocycles. The largest absolute Gasteiger partial charge is 0.388 e. The first-order valence-electron chi connectivity index (χ1n) is 6.37. The zero-order valence-corrected chi connectivity index (χ0v) is 10.5. The van der Waals surface area contributed by atoms with Crippen LogP contribution in [0.2, 0.25) is 0 Å². The molecule has 3 heteroatoms. The molecule has 0 amide bonds. The molecule has 0 aromatic heterocycles. The summed E-state index contributed by atoms with van der Waals surface area (Å²) >= 11 is 0. The van der Waals surface area contributed by atoms with Gasteiger partial charge < -0.3 is 15.7 Å². The maximum absolute atomic E-state index is 10.3. The van der Waals surface area contributed by atoms with Crippen LogP contribution in [0, 0.1) is 6.92 Å². The highest BCUT2D eigenvalue weighted by Gasteiger charge is 2.28. The topological polar surface area (TPSA) is 44.3 Å². The molecule has 0 radical (unpaired) electrons. The molecule has 1 aromatic carbocycles. The van der Waals surface area contributed by atoms with Crippen molar-refractivity contribution in [3.8, 4) is 0 Å². The van der Waals surface area contributed by atoms with Gasteiger partial charge in [0, 0.05) is 13.1 Å². The molecular weight excluding hydrogens is 212 g/mol. The summed E-state index contributed by atoms with van der Waals surface area (Å²) in [5.74, 6) is 0. The molecule has 2 rings (SSSR count). The third-order valence-electron chi connectivity index (χ3n) is 3.44. The van der Waals surface area contributed by atoms with Crippen molar-refractivity contribution in [1.82, 2.24) is 10.6 Å². The van der Waals surface area contributed by atoms with E-state index >= 15 is 0 Å². The zero-order chi connectivity index (χ0) is 12.1. The number of hydrogen-bond donors (Lipinski definition) is 3. The predicted octanol–water partition coefficient (Wildman–Crippen LogP) is 1.20. The summed E-state index contributed by atoms with van der Waals surface area (Å²) in [5, 5.41) is 16.9. The van der Waals surface area contributed by atoms with Gasteiger partial charge in [0.15, 0.2) is 0 Å². The molecule has 94 valence electrons. The van der Waals surface area contributed by atoms with E-state index < -0.39 is 5.60 Å². The van der Waals surface area contributed by atoms with Gasteiger partial charge in [0.05, 0.1) is 5.60 Å². The van der Waals surface area contributed by atoms with Gasteiger partial charge >= 0.3 is 0 Å². The molecule has 1 heterocycles. The van der Waals surface area contributed by atoms with Crippen molar-refractivity contribution >= 4 is 0 Å². The van der Waals surface area contributed by atoms with E-state index in [1.54, 1.807) is 0 Å². The molecule has 0 bridgehead atoms. The first-order valence-corrected chi connectivity index (χ1v) is 6.37. The van der Waals surface area contributed by atoms with Crippen molar-refractivity contribution in [3.63, 3.8) is 0 Å². The standard InChI is InChI=1S/C14H22N2O/c1-12-2-4-13(5-3-12)10-16-11-14(17)6-8-15-9-7-14/h2-5,15-17H,6-11H2,1H3. The van der Waals surface area contributed by atoms with E-state index in [9.17, 15) is 5.11 Å². The van der Waals surface area contributed by atoms with E-state index in [0.717, 1.165) is 32.5 Å². The Hall–Kier alpha value is -0.900. The van der Waals surface area contributed by atoms with Gasteiger partial charge in [0.1, 0.15) is 0 Å². The fraction of sp³-hybridized carbons (Fsp3) is 0.571. The Morgan fingerprint density at radius 2 is 1.88 bits per heavy atom. The second-order valence-electron chi connectivity index (χ2n) is 5.06. The second kappa shape index (κ2) is 5.63. The average Bonchev–Trinajstić information content (AvgIpc) is 2.32. The average molecular weight is 234 g/mol. The minimum atomic E-state index is -0.518. The van der Waals surface area contributed by atoms with Gasteiger partial charge in [-0.25, -0.2) is 0 Å². The molecular formula is C14H22N2O. The minimum absolute atomic E-state index is 0.518. The lowest BCUT2D eigenvalue weighted by atomic mass is 9.92. The van der Waals surface area contributed by atoms with E-state index in [0.29, 0.717) is 6.54 Å². The summed E-state index contributed by atoms with van der Waals surface area (Å²) < 4.78 is 0. The lowest BCUT2D eigenvalue weighted by Crippen LogP contribution is -2.48. The first kappa shape index (κ1) is 12.6. The van der Waals surface area contributed by atoms with Crippen LogP contribution in [0.15, 0.2) is 24.3 Å². The van der Waals surface area contributed by atoms with Gasteiger partial charge in [-0.3, -0.25) is 0 Å². The fourth-order valence-electron chi connectivity index (χ4n) is 2.21. The summed E-state index contributed by atoms with van der Waals surface area (Å²) in [5.41, 5.74) is 2.04. The molecule has 1 saturated heterocycles. The van der Waals surface area contributed by atoms with Crippen molar-refractivity contribution in [3.05, 3.63) is 35.4 Å². The molecule has 0 unspecified atom stereocenters. The number of nitrogens with one attached hydrogen (secondary N) is 2. The molecule has 0 spiro atoms. The molecule has 3 N–H and O–H groups in total. The van der Waals surface area contributed by atoms with Crippen LogP contribution in [0.25, 0.3) is 0 Å². The Labute approximate surface area is 103 Å². The summed E-state index contributed by atoms with van der Waals surface area (Å²) in [6.07, 6.45) is 1.68. The van der Waals surface area contributed by atoms with Crippen molar-refractivity contribution < 1.29 is 5.11 Å². The summed E-state index contributed by atoms with van der Waals surface area (Å²) in [7, 11) is 0. The van der Waals surface area contributed by atoms with Crippen LogP contribution in [-0.2, 0) is 6.54 Å². The first-order chi connectivity index (χ1) is 8.18. The number of rotatable bonds is 4. The maximum atomic E-state index is 10.3. The van der Waals surface area contributed by atoms with Crippen LogP contribution < -0.4 is 10.6 Å². The van der Waals surface area contributed by atoms with E-state index in [1.807, 2.05) is 0 Å². The number of aryl methyl sites for hydroxylation is 1. The number of benzene rings is 1. The van der Waals surface area contributed by atoms with E-state index in [1.165, 1.54) is 11.1 Å². The highest BCUT2D eigenvalue weighted by atomic mass is 16.3. The van der Waals surface area contributed by atoms with E-state index in [4.69, 9.17) is 0 Å². The Morgan fingerprint density at radius 1 is 1.24 bits per heavy atom. The monoisotopic (exact) mass is 234 g/mol. The number of piperidine rings is 1. The van der Waals surface area contributed by atoms with Crippen LogP contribution in [0.4, 0.5) is 0 Å². The Kier molecular flexibility index (Phi) is 4.15. The molecule has 1 aliphatic rings. The molecule has 0 aliphatic carbocycles. The Bertz CT molecular complexity index is 342. The smallest absolute Gasteiger partial charge is 0.0795 e. The Balaban J connectivity index is 1.77. The van der Waals surface area contributed by atoms with Crippen molar-refractivity contribution in [2.75, 3.05) is 19.6 Å². The van der Waals surface area contributed by atoms with Crippen molar-refractivity contribution in [2.45, 2.75) is 31.9 Å². The highest BCUT2D eigenvalue weighted by molar-refractivity contribution is 5.21. The Morgan fingerprint density at radius 3 is 2.53 bits per heavy atom. The molecule has 1 aromatic rings. The third-order valence-corrected chi connectivity index (χ3v) is 3.44. The van der Waals surface area contributed by atoms with Crippen molar-refractivity contribution in [1.29, 1.82) is 0 Å². The van der Waals surface area contributed by atoms with Crippen LogP contribution >= 0.6 is 0 Å². The van der Waals surface area contributed by atoms with Gasteiger partial charge in [-0.2, -0.15) is 0 Å². The zero-order valence-electron chi connectivity index (χ0n) is 10.5. The molecule has 0 saturated carbocycles. The fourth-order valence-corrected chi connectivity index (χ4v) is 2.21. The molecule has 17 heavy (non-hydrogen) atoms. The third kappa shape index (κ3) is 3.80. The number of hydrogen-bond acceptors (Lipinski definition) is 3. The van der Waals surface area contributed by atoms with Crippen LogP contribution in [0.5, 0.6) is 0 Å². The van der Waals surface area contributed by atoms with E-state index in [2.05, 4.69) is 41.8 Å². The minimum Gasteiger partial charge on any atom is -0.388 e. The van der Waals surface area contributed by atoms with Gasteiger partial charge in [-0.15, -0.1) is 0 Å². The van der Waals surface area contributed by atoms with Gasteiger partial charge in [-0.05, 0) is 38.4 Å². The van der Waals surface area contributed by atoms with Crippen LogP contribution in [0.1, 0.15) is 24.0 Å². The molecule has 3 nitrogen and oxygen atoms in total. The SMILES string of the molecule is Cc1ccc(CNCC2(O)CCNCC2)cc1. The quantitative estimate of drug-likeness (QED) is 0.733. The van der Waals surface area contributed by atoms with E-state index in [-0.39, 0.29) is 0 Å². The molecule has 0 atom stereocenters. The summed E-state index contributed by atoms with van der Waals surface area (Å²) in [4.78, 5) is 0. The lowest BCUT2D eigenvalue weighted by Gasteiger charge is -2.32. The number of aliphatic hydroxyl groups is 1. The summed E-state index contributed by atoms with van der Waals surface area (Å²) in [6, 6.07) is 8.51.